The molecule has 0 aromatic carbocycles. The monoisotopic (exact) mass is 281 g/mol. The van der Waals surface area contributed by atoms with Gasteiger partial charge in [0.2, 0.25) is 0 Å². The summed E-state index contributed by atoms with van der Waals surface area (Å²) in [6, 6.07) is 0.839. The van der Waals surface area contributed by atoms with Gasteiger partial charge in [0.25, 0.3) is 0 Å². The molecular weight excluding hydrogens is 250 g/mol. The van der Waals surface area contributed by atoms with Crippen LogP contribution in [0.25, 0.3) is 0 Å². The minimum absolute atomic E-state index is 0.153. The van der Waals surface area contributed by atoms with Gasteiger partial charge < -0.3 is 5.11 Å². The van der Waals surface area contributed by atoms with Gasteiger partial charge in [-0.25, -0.2) is 0 Å². The molecule has 20 heavy (non-hydrogen) atoms. The number of hydrogen-bond donors (Lipinski definition) is 1. The summed E-state index contributed by atoms with van der Waals surface area (Å²) in [5.41, 5.74) is 0.463. The number of rotatable bonds is 4. The first-order valence-corrected chi connectivity index (χ1v) is 8.35. The highest BCUT2D eigenvalue weighted by Gasteiger charge is 2.41. The van der Waals surface area contributed by atoms with Crippen LogP contribution in [0.1, 0.15) is 66.2 Å². The van der Waals surface area contributed by atoms with Crippen molar-refractivity contribution >= 4 is 5.97 Å². The highest BCUT2D eigenvalue weighted by atomic mass is 16.4. The average Bonchev–Trinajstić information content (AvgIpc) is 2.81. The first kappa shape index (κ1) is 15.8. The largest absolute Gasteiger partial charge is 0.481 e. The molecule has 116 valence electrons. The maximum Gasteiger partial charge on any atom is 0.308 e. The van der Waals surface area contributed by atoms with E-state index in [1.165, 1.54) is 32.1 Å². The highest BCUT2D eigenvalue weighted by Crippen LogP contribution is 2.42. The van der Waals surface area contributed by atoms with E-state index in [0.29, 0.717) is 11.5 Å². The Morgan fingerprint density at radius 2 is 1.80 bits per heavy atom. The first-order valence-electron chi connectivity index (χ1n) is 8.35. The molecule has 0 radical (unpaired) electrons. The number of aliphatic carboxylic acids is 1. The van der Waals surface area contributed by atoms with Crippen molar-refractivity contribution in [1.82, 2.24) is 4.90 Å². The number of carboxylic acids is 1. The second-order valence-corrected chi connectivity index (χ2v) is 7.56. The van der Waals surface area contributed by atoms with E-state index in [1.807, 2.05) is 0 Å². The van der Waals surface area contributed by atoms with Crippen molar-refractivity contribution in [3.8, 4) is 0 Å². The molecule has 2 fully saturated rings. The topological polar surface area (TPSA) is 40.5 Å². The van der Waals surface area contributed by atoms with Crippen LogP contribution >= 0.6 is 0 Å². The Morgan fingerprint density at radius 3 is 2.25 bits per heavy atom. The van der Waals surface area contributed by atoms with E-state index in [2.05, 4.69) is 32.6 Å². The minimum Gasteiger partial charge on any atom is -0.481 e. The fourth-order valence-electron chi connectivity index (χ4n) is 4.29. The second kappa shape index (κ2) is 6.05. The van der Waals surface area contributed by atoms with Crippen LogP contribution in [-0.4, -0.2) is 34.6 Å². The van der Waals surface area contributed by atoms with E-state index in [4.69, 9.17) is 0 Å². The Kier molecular flexibility index (Phi) is 4.78. The van der Waals surface area contributed by atoms with E-state index in [0.717, 1.165) is 18.9 Å². The van der Waals surface area contributed by atoms with E-state index in [-0.39, 0.29) is 12.0 Å². The van der Waals surface area contributed by atoms with Crippen molar-refractivity contribution in [2.24, 2.45) is 17.3 Å². The molecule has 3 heteroatoms. The van der Waals surface area contributed by atoms with E-state index >= 15 is 0 Å². The number of carbonyl (C=O) groups is 1. The smallest absolute Gasteiger partial charge is 0.308 e. The minimum atomic E-state index is -0.610. The summed E-state index contributed by atoms with van der Waals surface area (Å²) in [5.74, 6) is 0.0811. The van der Waals surface area contributed by atoms with Gasteiger partial charge in [0, 0.05) is 12.1 Å². The maximum atomic E-state index is 11.2. The van der Waals surface area contributed by atoms with Crippen LogP contribution in [0.2, 0.25) is 0 Å². The molecule has 0 bridgehead atoms. The van der Waals surface area contributed by atoms with Crippen molar-refractivity contribution in [3.63, 3.8) is 0 Å². The predicted octanol–water partition coefficient (Wildman–Crippen LogP) is 3.78. The van der Waals surface area contributed by atoms with Gasteiger partial charge in [0.1, 0.15) is 0 Å². The second-order valence-electron chi connectivity index (χ2n) is 7.56. The van der Waals surface area contributed by atoms with Gasteiger partial charge in [-0.15, -0.1) is 0 Å². The molecule has 2 aliphatic rings. The van der Waals surface area contributed by atoms with Gasteiger partial charge in [0.15, 0.2) is 0 Å². The summed E-state index contributed by atoms with van der Waals surface area (Å²) in [5, 5.41) is 9.25. The van der Waals surface area contributed by atoms with Crippen molar-refractivity contribution < 1.29 is 9.90 Å². The molecule has 0 aromatic rings. The van der Waals surface area contributed by atoms with Gasteiger partial charge in [-0.2, -0.15) is 0 Å². The SMILES string of the molecule is CCC(C)(C)C1CCC(N2CCC(C(=O)O)C2C)CC1. The molecule has 1 aliphatic carbocycles. The molecule has 2 unspecified atom stereocenters. The lowest BCUT2D eigenvalue weighted by atomic mass is 9.68. The Balaban J connectivity index is 1.90. The highest BCUT2D eigenvalue weighted by molar-refractivity contribution is 5.71. The zero-order valence-electron chi connectivity index (χ0n) is 13.6. The Bertz CT molecular complexity index is 345. The van der Waals surface area contributed by atoms with E-state index in [9.17, 15) is 9.90 Å². The first-order chi connectivity index (χ1) is 9.36. The molecule has 3 nitrogen and oxygen atoms in total. The van der Waals surface area contributed by atoms with Crippen LogP contribution in [0.4, 0.5) is 0 Å². The average molecular weight is 281 g/mol. The third-order valence-electron chi connectivity index (χ3n) is 6.30. The van der Waals surface area contributed by atoms with Crippen LogP contribution in [-0.2, 0) is 4.79 Å². The lowest BCUT2D eigenvalue weighted by Gasteiger charge is -2.42. The van der Waals surface area contributed by atoms with Crippen LogP contribution in [0, 0.1) is 17.3 Å². The van der Waals surface area contributed by atoms with Gasteiger partial charge in [-0.05, 0) is 56.9 Å². The van der Waals surface area contributed by atoms with Gasteiger partial charge in [-0.3, -0.25) is 9.69 Å². The van der Waals surface area contributed by atoms with Crippen LogP contribution < -0.4 is 0 Å². The molecule has 1 saturated heterocycles. The van der Waals surface area contributed by atoms with Gasteiger partial charge >= 0.3 is 5.97 Å². The summed E-state index contributed by atoms with van der Waals surface area (Å²) in [4.78, 5) is 13.7. The zero-order chi connectivity index (χ0) is 14.9. The van der Waals surface area contributed by atoms with Gasteiger partial charge in [0.05, 0.1) is 5.92 Å². The molecule has 0 spiro atoms. The Hall–Kier alpha value is -0.570. The molecule has 1 heterocycles. The van der Waals surface area contributed by atoms with E-state index < -0.39 is 5.97 Å². The summed E-state index contributed by atoms with van der Waals surface area (Å²) in [7, 11) is 0. The van der Waals surface area contributed by atoms with Gasteiger partial charge in [-0.1, -0.05) is 27.2 Å². The van der Waals surface area contributed by atoms with Crippen LogP contribution in [0.3, 0.4) is 0 Å². The Morgan fingerprint density at radius 1 is 1.20 bits per heavy atom. The molecular formula is C17H31NO2. The number of likely N-dealkylation sites (tertiary alicyclic amines) is 1. The number of hydrogen-bond acceptors (Lipinski definition) is 2. The molecule has 2 rings (SSSR count). The number of carboxylic acid groups (broad SMARTS) is 1. The molecule has 0 amide bonds. The predicted molar refractivity (Wildman–Crippen MR) is 81.7 cm³/mol. The van der Waals surface area contributed by atoms with Crippen molar-refractivity contribution in [2.75, 3.05) is 6.54 Å². The lowest BCUT2D eigenvalue weighted by Crippen LogP contribution is -2.43. The van der Waals surface area contributed by atoms with E-state index in [1.54, 1.807) is 0 Å². The molecule has 2 atom stereocenters. The zero-order valence-corrected chi connectivity index (χ0v) is 13.6. The van der Waals surface area contributed by atoms with Crippen molar-refractivity contribution in [2.45, 2.75) is 78.3 Å². The third-order valence-corrected chi connectivity index (χ3v) is 6.30. The molecule has 1 aliphatic heterocycles. The fourth-order valence-corrected chi connectivity index (χ4v) is 4.29. The third kappa shape index (κ3) is 3.03. The molecule has 1 saturated carbocycles. The lowest BCUT2D eigenvalue weighted by molar-refractivity contribution is -0.142. The summed E-state index contributed by atoms with van der Waals surface area (Å²) in [6.07, 6.45) is 7.22. The number of nitrogens with zero attached hydrogens (tertiary/aromatic N) is 1. The fraction of sp³-hybridized carbons (Fsp3) is 0.941. The molecule has 1 N–H and O–H groups in total. The quantitative estimate of drug-likeness (QED) is 0.852. The Labute approximate surface area is 123 Å². The molecule has 0 aromatic heterocycles. The van der Waals surface area contributed by atoms with Crippen molar-refractivity contribution in [1.29, 1.82) is 0 Å². The summed E-state index contributed by atoms with van der Waals surface area (Å²) in [6.45, 7) is 10.2. The maximum absolute atomic E-state index is 11.2. The van der Waals surface area contributed by atoms with Crippen molar-refractivity contribution in [3.05, 3.63) is 0 Å². The summed E-state index contributed by atoms with van der Waals surface area (Å²) < 4.78 is 0. The standard InChI is InChI=1S/C17H31NO2/c1-5-17(3,4)13-6-8-14(9-7-13)18-11-10-15(12(18)2)16(19)20/h12-15H,5-11H2,1-4H3,(H,19,20). The van der Waals surface area contributed by atoms with Crippen LogP contribution in [0.5, 0.6) is 0 Å². The normalized spacial score (nSPS) is 36.2. The summed E-state index contributed by atoms with van der Waals surface area (Å²) >= 11 is 0. The van der Waals surface area contributed by atoms with Crippen LogP contribution in [0.15, 0.2) is 0 Å².